The molecule has 0 aromatic heterocycles. The van der Waals surface area contributed by atoms with Crippen molar-refractivity contribution in [3.8, 4) is 11.5 Å². The Balaban J connectivity index is 1.67. The zero-order valence-electron chi connectivity index (χ0n) is 17.9. The molecule has 180 valence electrons. The Morgan fingerprint density at radius 1 is 1.09 bits per heavy atom. The lowest BCUT2D eigenvalue weighted by molar-refractivity contribution is -0.290. The maximum absolute atomic E-state index is 10.3. The molecular formula is C21H30O11. The Hall–Kier alpha value is -1.80. The summed E-state index contributed by atoms with van der Waals surface area (Å²) in [6.07, 6.45) is -7.57. The molecule has 5 N–H and O–H groups in total. The fraction of sp³-hybridized carbons (Fsp3) is 0.619. The van der Waals surface area contributed by atoms with Gasteiger partial charge in [0.2, 0.25) is 12.1 Å². The largest absolute Gasteiger partial charge is 0.493 e. The van der Waals surface area contributed by atoms with Crippen molar-refractivity contribution in [3.63, 3.8) is 0 Å². The van der Waals surface area contributed by atoms with Crippen molar-refractivity contribution in [2.24, 2.45) is 0 Å². The van der Waals surface area contributed by atoms with Crippen molar-refractivity contribution >= 4 is 0 Å². The smallest absolute Gasteiger partial charge is 0.229 e. The first-order valence-corrected chi connectivity index (χ1v) is 10.1. The van der Waals surface area contributed by atoms with Crippen LogP contribution in [0.25, 0.3) is 0 Å². The van der Waals surface area contributed by atoms with Gasteiger partial charge in [-0.15, -0.1) is 6.58 Å². The molecule has 0 unspecified atom stereocenters. The molecule has 0 amide bonds. The Kier molecular flexibility index (Phi) is 8.09. The van der Waals surface area contributed by atoms with Gasteiger partial charge >= 0.3 is 0 Å². The summed E-state index contributed by atoms with van der Waals surface area (Å²) < 4.78 is 32.1. The first kappa shape index (κ1) is 24.8. The summed E-state index contributed by atoms with van der Waals surface area (Å²) in [5.41, 5.74) is 0.933. The summed E-state index contributed by atoms with van der Waals surface area (Å²) in [6.45, 7) is 3.02. The second-order valence-electron chi connectivity index (χ2n) is 7.62. The molecule has 0 spiro atoms. The highest BCUT2D eigenvalue weighted by molar-refractivity contribution is 5.43. The monoisotopic (exact) mass is 458 g/mol. The van der Waals surface area contributed by atoms with E-state index in [1.165, 1.54) is 14.2 Å². The van der Waals surface area contributed by atoms with Gasteiger partial charge in [0.1, 0.15) is 31.0 Å². The first-order valence-electron chi connectivity index (χ1n) is 10.1. The van der Waals surface area contributed by atoms with E-state index in [0.29, 0.717) is 12.2 Å². The topological polar surface area (TPSA) is 157 Å². The van der Waals surface area contributed by atoms with E-state index in [2.05, 4.69) is 6.58 Å². The molecule has 2 aliphatic heterocycles. The number of hydrogen-bond donors (Lipinski definition) is 5. The van der Waals surface area contributed by atoms with Crippen molar-refractivity contribution in [3.05, 3.63) is 36.4 Å². The van der Waals surface area contributed by atoms with Crippen molar-refractivity contribution in [1.82, 2.24) is 0 Å². The minimum atomic E-state index is -1.92. The summed E-state index contributed by atoms with van der Waals surface area (Å²) in [7, 11) is 2.67. The molecule has 11 heteroatoms. The Morgan fingerprint density at radius 3 is 2.47 bits per heavy atom. The summed E-state index contributed by atoms with van der Waals surface area (Å²) in [4.78, 5) is 0. The van der Waals surface area contributed by atoms with Gasteiger partial charge in [0.25, 0.3) is 0 Å². The van der Waals surface area contributed by atoms with Gasteiger partial charge in [0, 0.05) is 7.11 Å². The Labute approximate surface area is 185 Å². The predicted molar refractivity (Wildman–Crippen MR) is 108 cm³/mol. The highest BCUT2D eigenvalue weighted by Gasteiger charge is 2.51. The fourth-order valence-corrected chi connectivity index (χ4v) is 3.48. The van der Waals surface area contributed by atoms with E-state index >= 15 is 0 Å². The lowest BCUT2D eigenvalue weighted by atomic mass is 9.99. The molecular weight excluding hydrogens is 428 g/mol. The summed E-state index contributed by atoms with van der Waals surface area (Å²) >= 11 is 0. The molecule has 32 heavy (non-hydrogen) atoms. The molecule has 0 aliphatic carbocycles. The standard InChI is InChI=1S/C21H30O11/c1-4-5-11-6-7-12(13(8-11)27-2)31-19-17(24)16(23)15(22)14(32-19)9-29-20-18(25)21(26,28-3)10-30-20/h4,6-8,14-20,22-26H,1,5,9-10H2,2-3H3/t14-,15-,16+,17-,18+,19-,20-,21+/m1/s1. The summed E-state index contributed by atoms with van der Waals surface area (Å²) in [6, 6.07) is 5.16. The third-order valence-electron chi connectivity index (χ3n) is 5.47. The molecule has 2 saturated heterocycles. The van der Waals surface area contributed by atoms with Crippen molar-refractivity contribution in [2.45, 2.75) is 55.3 Å². The van der Waals surface area contributed by atoms with Gasteiger partial charge in [0.05, 0.1) is 13.7 Å². The van der Waals surface area contributed by atoms with Gasteiger partial charge in [-0.25, -0.2) is 0 Å². The fourth-order valence-electron chi connectivity index (χ4n) is 3.48. The van der Waals surface area contributed by atoms with Gasteiger partial charge in [-0.1, -0.05) is 12.1 Å². The van der Waals surface area contributed by atoms with Gasteiger partial charge < -0.3 is 54.0 Å². The SMILES string of the molecule is C=CCc1ccc(O[C@@H]2O[C@H](CO[C@@H]3OC[C@](O)(OC)[C@H]3O)[C@@H](O)[C@H](O)[C@H]2O)c(OC)c1. The number of hydrogen-bond acceptors (Lipinski definition) is 11. The van der Waals surface area contributed by atoms with Crippen LogP contribution in [0, 0.1) is 0 Å². The number of benzene rings is 1. The quantitative estimate of drug-likeness (QED) is 0.221. The van der Waals surface area contributed by atoms with Gasteiger partial charge in [-0.3, -0.25) is 0 Å². The van der Waals surface area contributed by atoms with Crippen LogP contribution in [-0.2, 0) is 25.4 Å². The van der Waals surface area contributed by atoms with E-state index < -0.39 is 48.9 Å². The zero-order valence-corrected chi connectivity index (χ0v) is 17.9. The van der Waals surface area contributed by atoms with Crippen LogP contribution >= 0.6 is 0 Å². The molecule has 2 aliphatic rings. The van der Waals surface area contributed by atoms with Crippen LogP contribution in [0.15, 0.2) is 30.9 Å². The average Bonchev–Trinajstić information content (AvgIpc) is 3.08. The minimum absolute atomic E-state index is 0.257. The number of methoxy groups -OCH3 is 2. The second kappa shape index (κ2) is 10.4. The van der Waals surface area contributed by atoms with Crippen molar-refractivity contribution in [2.75, 3.05) is 27.4 Å². The van der Waals surface area contributed by atoms with E-state index in [1.807, 2.05) is 0 Å². The van der Waals surface area contributed by atoms with Crippen molar-refractivity contribution < 1.29 is 54.0 Å². The maximum atomic E-state index is 10.3. The predicted octanol–water partition coefficient (Wildman–Crippen LogP) is -1.32. The molecule has 2 heterocycles. The molecule has 3 rings (SSSR count). The Bertz CT molecular complexity index is 774. The molecule has 1 aromatic carbocycles. The number of aliphatic hydroxyl groups is 5. The third-order valence-corrected chi connectivity index (χ3v) is 5.47. The second-order valence-corrected chi connectivity index (χ2v) is 7.62. The molecule has 0 bridgehead atoms. The molecule has 2 fully saturated rings. The van der Waals surface area contributed by atoms with E-state index in [0.717, 1.165) is 5.56 Å². The van der Waals surface area contributed by atoms with Crippen LogP contribution in [0.4, 0.5) is 0 Å². The maximum Gasteiger partial charge on any atom is 0.229 e. The lowest BCUT2D eigenvalue weighted by Crippen LogP contribution is -2.60. The molecule has 8 atom stereocenters. The van der Waals surface area contributed by atoms with Crippen LogP contribution in [0.5, 0.6) is 11.5 Å². The van der Waals surface area contributed by atoms with Crippen LogP contribution in [0.1, 0.15) is 5.56 Å². The summed E-state index contributed by atoms with van der Waals surface area (Å²) in [5, 5.41) is 51.1. The van der Waals surface area contributed by atoms with Crippen LogP contribution in [0.3, 0.4) is 0 Å². The van der Waals surface area contributed by atoms with Gasteiger partial charge in [-0.05, 0) is 24.1 Å². The molecule has 1 aromatic rings. The van der Waals surface area contributed by atoms with Gasteiger partial charge in [0.15, 0.2) is 23.9 Å². The normalized spacial score (nSPS) is 37.3. The Morgan fingerprint density at radius 2 is 1.84 bits per heavy atom. The third kappa shape index (κ3) is 5.06. The molecule has 0 radical (unpaired) electrons. The average molecular weight is 458 g/mol. The number of ether oxygens (including phenoxy) is 6. The minimum Gasteiger partial charge on any atom is -0.493 e. The number of aliphatic hydroxyl groups excluding tert-OH is 4. The van der Waals surface area contributed by atoms with E-state index in [-0.39, 0.29) is 19.0 Å². The summed E-state index contributed by atoms with van der Waals surface area (Å²) in [5.74, 6) is -1.28. The molecule has 11 nitrogen and oxygen atoms in total. The zero-order chi connectivity index (χ0) is 23.5. The lowest BCUT2D eigenvalue weighted by Gasteiger charge is -2.40. The van der Waals surface area contributed by atoms with E-state index in [9.17, 15) is 25.5 Å². The number of allylic oxidation sites excluding steroid dienone is 1. The highest BCUT2D eigenvalue weighted by Crippen LogP contribution is 2.33. The van der Waals surface area contributed by atoms with E-state index in [1.54, 1.807) is 24.3 Å². The van der Waals surface area contributed by atoms with Crippen molar-refractivity contribution in [1.29, 1.82) is 0 Å². The van der Waals surface area contributed by atoms with Gasteiger partial charge in [-0.2, -0.15) is 0 Å². The van der Waals surface area contributed by atoms with Crippen LogP contribution in [-0.4, -0.2) is 102 Å². The highest BCUT2D eigenvalue weighted by atomic mass is 16.8. The van der Waals surface area contributed by atoms with E-state index in [4.69, 9.17) is 28.4 Å². The first-order chi connectivity index (χ1) is 15.2. The molecule has 0 saturated carbocycles. The number of rotatable bonds is 9. The van der Waals surface area contributed by atoms with Crippen LogP contribution in [0.2, 0.25) is 0 Å². The van der Waals surface area contributed by atoms with Crippen LogP contribution < -0.4 is 9.47 Å².